The largest absolute Gasteiger partial charge is 0.480 e. The Balaban J connectivity index is 1.81. The van der Waals surface area contributed by atoms with Crippen LogP contribution in [0.1, 0.15) is 28.8 Å². The van der Waals surface area contributed by atoms with Crippen LogP contribution in [0.5, 0.6) is 0 Å². The van der Waals surface area contributed by atoms with Gasteiger partial charge in [0.2, 0.25) is 0 Å². The topological polar surface area (TPSA) is 84.2 Å². The van der Waals surface area contributed by atoms with Gasteiger partial charge in [-0.3, -0.25) is 4.79 Å². The third-order valence-corrected chi connectivity index (χ3v) is 3.72. The molecule has 1 aromatic heterocycles. The van der Waals surface area contributed by atoms with E-state index in [1.54, 1.807) is 10.9 Å². The monoisotopic (exact) mass is 285 g/mol. The summed E-state index contributed by atoms with van der Waals surface area (Å²) in [5.41, 5.74) is 1.19. The zero-order valence-electron chi connectivity index (χ0n) is 11.5. The lowest BCUT2D eigenvalue weighted by Crippen LogP contribution is -2.42. The van der Waals surface area contributed by atoms with Crippen molar-refractivity contribution in [1.82, 2.24) is 15.1 Å². The molecule has 0 spiro atoms. The molecule has 0 saturated heterocycles. The van der Waals surface area contributed by atoms with E-state index in [2.05, 4.69) is 10.4 Å². The lowest BCUT2D eigenvalue weighted by atomic mass is 10.2. The SMILES string of the molecule is Cc1ccccc1-n1cc(C(=O)NC2(C(=O)O)CC2)cn1. The minimum Gasteiger partial charge on any atom is -0.480 e. The number of amides is 1. The first kappa shape index (κ1) is 13.4. The Morgan fingerprint density at radius 1 is 1.33 bits per heavy atom. The molecule has 2 aromatic rings. The van der Waals surface area contributed by atoms with Crippen molar-refractivity contribution in [2.24, 2.45) is 0 Å². The van der Waals surface area contributed by atoms with E-state index < -0.39 is 17.4 Å². The normalized spacial score (nSPS) is 15.5. The molecule has 3 rings (SSSR count). The molecule has 108 valence electrons. The molecule has 2 N–H and O–H groups in total. The van der Waals surface area contributed by atoms with E-state index in [-0.39, 0.29) is 0 Å². The van der Waals surface area contributed by atoms with E-state index in [1.165, 1.54) is 6.20 Å². The van der Waals surface area contributed by atoms with Gasteiger partial charge in [-0.25, -0.2) is 9.48 Å². The Hall–Kier alpha value is -2.63. The zero-order valence-corrected chi connectivity index (χ0v) is 11.5. The third kappa shape index (κ3) is 2.40. The molecule has 1 heterocycles. The smallest absolute Gasteiger partial charge is 0.329 e. The van der Waals surface area contributed by atoms with Crippen LogP contribution in [0, 0.1) is 6.92 Å². The van der Waals surface area contributed by atoms with Crippen LogP contribution in [-0.2, 0) is 4.79 Å². The minimum absolute atomic E-state index is 0.353. The van der Waals surface area contributed by atoms with Crippen LogP contribution < -0.4 is 5.32 Å². The van der Waals surface area contributed by atoms with Crippen LogP contribution in [0.4, 0.5) is 0 Å². The highest BCUT2D eigenvalue weighted by atomic mass is 16.4. The lowest BCUT2D eigenvalue weighted by Gasteiger charge is -2.11. The van der Waals surface area contributed by atoms with E-state index in [4.69, 9.17) is 5.11 Å². The molecule has 1 aliphatic rings. The van der Waals surface area contributed by atoms with Crippen LogP contribution >= 0.6 is 0 Å². The summed E-state index contributed by atoms with van der Waals surface area (Å²) in [4.78, 5) is 23.2. The Labute approximate surface area is 121 Å². The molecule has 21 heavy (non-hydrogen) atoms. The maximum Gasteiger partial charge on any atom is 0.329 e. The van der Waals surface area contributed by atoms with Crippen molar-refractivity contribution in [3.05, 3.63) is 47.8 Å². The number of benzene rings is 1. The fourth-order valence-corrected chi connectivity index (χ4v) is 2.20. The number of aromatic nitrogens is 2. The number of carbonyl (C=O) groups is 2. The van der Waals surface area contributed by atoms with Crippen molar-refractivity contribution in [3.8, 4) is 5.69 Å². The maximum absolute atomic E-state index is 12.1. The number of aryl methyl sites for hydroxylation is 1. The number of para-hydroxylation sites is 1. The van der Waals surface area contributed by atoms with Gasteiger partial charge in [0.15, 0.2) is 0 Å². The number of rotatable bonds is 4. The Kier molecular flexibility index (Phi) is 3.01. The molecule has 6 heteroatoms. The molecule has 0 atom stereocenters. The minimum atomic E-state index is -1.08. The molecule has 0 radical (unpaired) electrons. The van der Waals surface area contributed by atoms with Gasteiger partial charge in [-0.05, 0) is 31.4 Å². The Bertz CT molecular complexity index is 716. The molecule has 1 aromatic carbocycles. The average Bonchev–Trinajstić information content (AvgIpc) is 3.07. The molecule has 1 amide bonds. The second-order valence-electron chi connectivity index (χ2n) is 5.30. The summed E-state index contributed by atoms with van der Waals surface area (Å²) >= 11 is 0. The highest BCUT2D eigenvalue weighted by Gasteiger charge is 2.51. The van der Waals surface area contributed by atoms with Gasteiger partial charge in [-0.15, -0.1) is 0 Å². The van der Waals surface area contributed by atoms with Crippen molar-refractivity contribution in [3.63, 3.8) is 0 Å². The second-order valence-corrected chi connectivity index (χ2v) is 5.30. The molecule has 0 unspecified atom stereocenters. The molecule has 1 aliphatic carbocycles. The summed E-state index contributed by atoms with van der Waals surface area (Å²) in [6.45, 7) is 1.96. The summed E-state index contributed by atoms with van der Waals surface area (Å²) in [6, 6.07) is 7.69. The van der Waals surface area contributed by atoms with Crippen molar-refractivity contribution in [2.45, 2.75) is 25.3 Å². The van der Waals surface area contributed by atoms with Gasteiger partial charge < -0.3 is 10.4 Å². The zero-order chi connectivity index (χ0) is 15.0. The van der Waals surface area contributed by atoms with Gasteiger partial charge in [0.25, 0.3) is 5.91 Å². The number of carboxylic acids is 1. The van der Waals surface area contributed by atoms with Crippen LogP contribution in [0.3, 0.4) is 0 Å². The van der Waals surface area contributed by atoms with E-state index >= 15 is 0 Å². The van der Waals surface area contributed by atoms with Crippen LogP contribution in [0.15, 0.2) is 36.7 Å². The van der Waals surface area contributed by atoms with Gasteiger partial charge in [-0.2, -0.15) is 5.10 Å². The van der Waals surface area contributed by atoms with Crippen LogP contribution in [-0.4, -0.2) is 32.3 Å². The number of carboxylic acid groups (broad SMARTS) is 1. The summed E-state index contributed by atoms with van der Waals surface area (Å²) in [5, 5.41) is 15.8. The molecule has 6 nitrogen and oxygen atoms in total. The van der Waals surface area contributed by atoms with Crippen molar-refractivity contribution in [1.29, 1.82) is 0 Å². The van der Waals surface area contributed by atoms with Crippen LogP contribution in [0.25, 0.3) is 5.69 Å². The van der Waals surface area contributed by atoms with E-state index in [1.807, 2.05) is 31.2 Å². The third-order valence-electron chi connectivity index (χ3n) is 3.72. The summed E-state index contributed by atoms with van der Waals surface area (Å²) < 4.78 is 1.62. The summed E-state index contributed by atoms with van der Waals surface area (Å²) in [7, 11) is 0. The number of carbonyl (C=O) groups excluding carboxylic acids is 1. The Morgan fingerprint density at radius 2 is 2.05 bits per heavy atom. The van der Waals surface area contributed by atoms with Gasteiger partial charge in [0, 0.05) is 6.20 Å². The predicted molar refractivity (Wildman–Crippen MR) is 75.4 cm³/mol. The van der Waals surface area contributed by atoms with Crippen molar-refractivity contribution in [2.75, 3.05) is 0 Å². The first-order chi connectivity index (χ1) is 10.0. The molecule has 1 saturated carbocycles. The Morgan fingerprint density at radius 3 is 2.67 bits per heavy atom. The molecular formula is C15H15N3O3. The lowest BCUT2D eigenvalue weighted by molar-refractivity contribution is -0.140. The second kappa shape index (κ2) is 4.73. The summed E-state index contributed by atoms with van der Waals surface area (Å²) in [5.74, 6) is -1.39. The maximum atomic E-state index is 12.1. The molecule has 0 aliphatic heterocycles. The highest BCUT2D eigenvalue weighted by Crippen LogP contribution is 2.35. The number of hydrogen-bond donors (Lipinski definition) is 2. The highest BCUT2D eigenvalue weighted by molar-refractivity contribution is 5.98. The standard InChI is InChI=1S/C15H15N3O3/c1-10-4-2-3-5-12(10)18-9-11(8-16-18)13(19)17-15(6-7-15)14(20)21/h2-5,8-9H,6-7H2,1H3,(H,17,19)(H,20,21). The van der Waals surface area contributed by atoms with E-state index in [9.17, 15) is 9.59 Å². The fourth-order valence-electron chi connectivity index (χ4n) is 2.20. The molecular weight excluding hydrogens is 270 g/mol. The number of nitrogens with one attached hydrogen (secondary N) is 1. The number of hydrogen-bond acceptors (Lipinski definition) is 3. The van der Waals surface area contributed by atoms with Crippen molar-refractivity contribution >= 4 is 11.9 Å². The van der Waals surface area contributed by atoms with Gasteiger partial charge in [0.1, 0.15) is 5.54 Å². The van der Waals surface area contributed by atoms with Gasteiger partial charge >= 0.3 is 5.97 Å². The first-order valence-electron chi connectivity index (χ1n) is 6.68. The average molecular weight is 285 g/mol. The van der Waals surface area contributed by atoms with Crippen LogP contribution in [0.2, 0.25) is 0 Å². The number of aliphatic carboxylic acids is 1. The number of nitrogens with zero attached hydrogens (tertiary/aromatic N) is 2. The first-order valence-corrected chi connectivity index (χ1v) is 6.68. The van der Waals surface area contributed by atoms with E-state index in [0.717, 1.165) is 11.3 Å². The van der Waals surface area contributed by atoms with Crippen molar-refractivity contribution < 1.29 is 14.7 Å². The quantitative estimate of drug-likeness (QED) is 0.892. The van der Waals surface area contributed by atoms with E-state index in [0.29, 0.717) is 18.4 Å². The predicted octanol–water partition coefficient (Wildman–Crippen LogP) is 1.53. The molecule has 0 bridgehead atoms. The fraction of sp³-hybridized carbons (Fsp3) is 0.267. The van der Waals surface area contributed by atoms with Gasteiger partial charge in [-0.1, -0.05) is 18.2 Å². The van der Waals surface area contributed by atoms with Gasteiger partial charge in [0.05, 0.1) is 17.4 Å². The molecule has 1 fully saturated rings. The summed E-state index contributed by atoms with van der Waals surface area (Å²) in [6.07, 6.45) is 4.00.